The summed E-state index contributed by atoms with van der Waals surface area (Å²) in [5.74, 6) is 12.4. The van der Waals surface area contributed by atoms with Crippen LogP contribution in [0.5, 0.6) is 0 Å². The van der Waals surface area contributed by atoms with Gasteiger partial charge in [-0.2, -0.15) is 0 Å². The van der Waals surface area contributed by atoms with Crippen LogP contribution in [0.1, 0.15) is 336 Å². The van der Waals surface area contributed by atoms with Gasteiger partial charge >= 0.3 is 0 Å². The first-order valence-corrected chi connectivity index (χ1v) is 29.1. The molecule has 0 aliphatic carbocycles. The average molecular weight is 896 g/mol. The molecule has 0 atom stereocenters. The summed E-state index contributed by atoms with van der Waals surface area (Å²) < 4.78 is 0. The maximum absolute atomic E-state index is 11.9. The summed E-state index contributed by atoms with van der Waals surface area (Å²) in [4.78, 5) is 23.7. The molecule has 0 aromatic rings. The normalized spacial score (nSPS) is 10.7. The van der Waals surface area contributed by atoms with Crippen molar-refractivity contribution in [3.8, 4) is 23.7 Å². The van der Waals surface area contributed by atoms with E-state index in [9.17, 15) is 9.59 Å². The predicted molar refractivity (Wildman–Crippen MR) is 286 cm³/mol. The molecule has 0 spiro atoms. The predicted octanol–water partition coefficient (Wildman–Crippen LogP) is 19.0. The first-order valence-electron chi connectivity index (χ1n) is 29.1. The number of amides is 2. The number of unbranched alkanes of at least 4 members (excludes halogenated alkanes) is 41. The van der Waals surface area contributed by atoms with Gasteiger partial charge in [-0.3, -0.25) is 9.59 Å². The Morgan fingerprint density at radius 1 is 0.281 bits per heavy atom. The second kappa shape index (κ2) is 61.1. The molecule has 0 aliphatic rings. The zero-order chi connectivity index (χ0) is 46.8. The van der Waals surface area contributed by atoms with Gasteiger partial charge in [0.2, 0.25) is 11.8 Å². The van der Waals surface area contributed by atoms with Crippen LogP contribution < -0.4 is 10.6 Å². The van der Waals surface area contributed by atoms with Crippen molar-refractivity contribution in [2.45, 2.75) is 336 Å². The summed E-state index contributed by atoms with van der Waals surface area (Å²) >= 11 is 0. The number of hydrogen-bond acceptors (Lipinski definition) is 2. The van der Waals surface area contributed by atoms with Crippen molar-refractivity contribution >= 4 is 11.8 Å². The van der Waals surface area contributed by atoms with Crippen LogP contribution in [0.2, 0.25) is 0 Å². The molecule has 4 heteroatoms. The lowest BCUT2D eigenvalue weighted by atomic mass is 10.0. The van der Waals surface area contributed by atoms with E-state index in [1.807, 2.05) is 6.92 Å². The lowest BCUT2D eigenvalue weighted by molar-refractivity contribution is -0.122. The van der Waals surface area contributed by atoms with Gasteiger partial charge in [0.15, 0.2) is 0 Å². The van der Waals surface area contributed by atoms with Crippen LogP contribution in [0.25, 0.3) is 0 Å². The summed E-state index contributed by atoms with van der Waals surface area (Å²) in [7, 11) is 0. The molecule has 2 amide bonds. The second-order valence-corrected chi connectivity index (χ2v) is 19.4. The molecule has 0 unspecified atom stereocenters. The molecular formula is C60H114N2O2. The van der Waals surface area contributed by atoms with Crippen LogP contribution in [-0.2, 0) is 9.59 Å². The Labute approximate surface area is 403 Å². The fourth-order valence-electron chi connectivity index (χ4n) is 8.49. The third kappa shape index (κ3) is 62.1. The molecule has 0 rings (SSSR count). The zero-order valence-electron chi connectivity index (χ0n) is 44.2. The molecule has 376 valence electrons. The van der Waals surface area contributed by atoms with Gasteiger partial charge in [-0.25, -0.2) is 0 Å². The Kier molecular flexibility index (Phi) is 61.2. The molecular weight excluding hydrogens is 781 g/mol. The third-order valence-electron chi connectivity index (χ3n) is 12.8. The van der Waals surface area contributed by atoms with Crippen LogP contribution >= 0.6 is 0 Å². The summed E-state index contributed by atoms with van der Waals surface area (Å²) in [6, 6.07) is 0. The summed E-state index contributed by atoms with van der Waals surface area (Å²) in [5.41, 5.74) is 0. The van der Waals surface area contributed by atoms with E-state index in [2.05, 4.69) is 55.1 Å². The maximum Gasteiger partial charge on any atom is 0.219 e. The topological polar surface area (TPSA) is 58.2 Å². The quantitative estimate of drug-likeness (QED) is 0.0472. The fraction of sp³-hybridized carbons (Fsp3) is 0.900. The molecule has 0 saturated carbocycles. The zero-order valence-corrected chi connectivity index (χ0v) is 44.2. The van der Waals surface area contributed by atoms with E-state index in [0.717, 1.165) is 58.0 Å². The van der Waals surface area contributed by atoms with E-state index in [0.29, 0.717) is 6.42 Å². The first-order chi connectivity index (χ1) is 31.6. The molecule has 0 fully saturated rings. The van der Waals surface area contributed by atoms with Crippen molar-refractivity contribution in [1.82, 2.24) is 10.6 Å². The van der Waals surface area contributed by atoms with E-state index >= 15 is 0 Å². The van der Waals surface area contributed by atoms with Gasteiger partial charge in [0.05, 0.1) is 0 Å². The summed E-state index contributed by atoms with van der Waals surface area (Å²) in [5, 5.41) is 6.20. The van der Waals surface area contributed by atoms with Gasteiger partial charge in [-0.15, -0.1) is 0 Å². The fourth-order valence-corrected chi connectivity index (χ4v) is 8.49. The molecule has 0 aliphatic heterocycles. The highest BCUT2D eigenvalue weighted by atomic mass is 16.2. The van der Waals surface area contributed by atoms with Crippen LogP contribution in [0.3, 0.4) is 0 Å². The average Bonchev–Trinajstić information content (AvgIpc) is 3.30. The van der Waals surface area contributed by atoms with Crippen LogP contribution in [0.4, 0.5) is 0 Å². The Bertz CT molecular complexity index is 1030. The molecule has 0 aromatic carbocycles. The SMILES string of the molecule is CCC#CC#CCCCCCCCCC(=O)NCCCCCCCCCCCCCCCCCC.CCCCCCCCCCCCCCCCCCNC(=O)CCCCCCCC. The number of rotatable bonds is 49. The van der Waals surface area contributed by atoms with Crippen molar-refractivity contribution in [2.24, 2.45) is 0 Å². The summed E-state index contributed by atoms with van der Waals surface area (Å²) in [6.45, 7) is 10.6. The van der Waals surface area contributed by atoms with Crippen molar-refractivity contribution in [1.29, 1.82) is 0 Å². The van der Waals surface area contributed by atoms with Gasteiger partial charge in [0.1, 0.15) is 0 Å². The van der Waals surface area contributed by atoms with Crippen LogP contribution in [0.15, 0.2) is 0 Å². The molecule has 0 bridgehead atoms. The lowest BCUT2D eigenvalue weighted by Crippen LogP contribution is -2.23. The number of carbonyl (C=O) groups excluding carboxylic acids is 2. The van der Waals surface area contributed by atoms with Crippen molar-refractivity contribution < 1.29 is 9.59 Å². The lowest BCUT2D eigenvalue weighted by Gasteiger charge is -2.06. The highest BCUT2D eigenvalue weighted by Gasteiger charge is 2.03. The molecule has 64 heavy (non-hydrogen) atoms. The number of hydrogen-bond donors (Lipinski definition) is 2. The van der Waals surface area contributed by atoms with Crippen molar-refractivity contribution in [3.05, 3.63) is 0 Å². The monoisotopic (exact) mass is 895 g/mol. The van der Waals surface area contributed by atoms with Crippen LogP contribution in [0, 0.1) is 23.7 Å². The molecule has 0 saturated heterocycles. The Balaban J connectivity index is 0. The standard InChI is InChI=1S/C33H59NO.C27H55NO/c1-3-5-7-9-11-13-15-17-18-19-20-22-24-26-28-30-32-34-33(35)31-29-27-25-23-21-16-14-12-10-8-6-4-2;1-3-5-7-9-11-12-13-14-15-16-17-18-19-20-22-24-26-28-27(29)25-23-21-10-8-6-4-2/h3-5,7,9,11,13-32H2,1-2H3,(H,34,35);3-26H2,1-2H3,(H,28,29). The van der Waals surface area contributed by atoms with Gasteiger partial charge in [-0.05, 0) is 43.9 Å². The molecule has 0 heterocycles. The van der Waals surface area contributed by atoms with Gasteiger partial charge < -0.3 is 10.6 Å². The molecule has 4 nitrogen and oxygen atoms in total. The minimum Gasteiger partial charge on any atom is -0.356 e. The maximum atomic E-state index is 11.9. The van der Waals surface area contributed by atoms with E-state index in [4.69, 9.17) is 0 Å². The largest absolute Gasteiger partial charge is 0.356 e. The smallest absolute Gasteiger partial charge is 0.219 e. The highest BCUT2D eigenvalue weighted by Crippen LogP contribution is 2.16. The second-order valence-electron chi connectivity index (χ2n) is 19.4. The number of nitrogens with one attached hydrogen (secondary N) is 2. The highest BCUT2D eigenvalue weighted by molar-refractivity contribution is 5.76. The third-order valence-corrected chi connectivity index (χ3v) is 12.8. The molecule has 0 aromatic heterocycles. The summed E-state index contributed by atoms with van der Waals surface area (Å²) in [6.07, 6.45) is 62.4. The molecule has 0 radical (unpaired) electrons. The van der Waals surface area contributed by atoms with E-state index < -0.39 is 0 Å². The Morgan fingerprint density at radius 2 is 0.516 bits per heavy atom. The minimum atomic E-state index is 0.245. The van der Waals surface area contributed by atoms with E-state index in [1.165, 1.54) is 257 Å². The minimum absolute atomic E-state index is 0.245. The van der Waals surface area contributed by atoms with Gasteiger partial charge in [-0.1, -0.05) is 290 Å². The van der Waals surface area contributed by atoms with Gasteiger partial charge in [0, 0.05) is 38.8 Å². The van der Waals surface area contributed by atoms with E-state index in [1.54, 1.807) is 0 Å². The van der Waals surface area contributed by atoms with E-state index in [-0.39, 0.29) is 11.8 Å². The van der Waals surface area contributed by atoms with Gasteiger partial charge in [0.25, 0.3) is 0 Å². The van der Waals surface area contributed by atoms with Crippen LogP contribution in [-0.4, -0.2) is 24.9 Å². The first kappa shape index (κ1) is 64.1. The molecule has 2 N–H and O–H groups in total. The van der Waals surface area contributed by atoms with Crippen molar-refractivity contribution in [3.63, 3.8) is 0 Å². The number of carbonyl (C=O) groups is 2. The Hall–Kier alpha value is -1.94. The van der Waals surface area contributed by atoms with Crippen molar-refractivity contribution in [2.75, 3.05) is 13.1 Å². The Morgan fingerprint density at radius 3 is 0.797 bits per heavy atom.